The van der Waals surface area contributed by atoms with Gasteiger partial charge in [-0.25, -0.2) is 4.98 Å². The van der Waals surface area contributed by atoms with Crippen molar-refractivity contribution >= 4 is 22.4 Å². The van der Waals surface area contributed by atoms with E-state index in [0.717, 1.165) is 11.3 Å². The van der Waals surface area contributed by atoms with Gasteiger partial charge in [0.05, 0.1) is 18.9 Å². The molecule has 1 rings (SSSR count). The van der Waals surface area contributed by atoms with Gasteiger partial charge in [-0.05, 0) is 6.92 Å². The van der Waals surface area contributed by atoms with Gasteiger partial charge in [-0.15, -0.1) is 0 Å². The molecule has 0 aliphatic rings. The maximum atomic E-state index is 12.0. The molecule has 0 aliphatic carbocycles. The number of aromatic nitrogens is 1. The maximum Gasteiger partial charge on any atom is 0.266 e. The lowest BCUT2D eigenvalue weighted by molar-refractivity contribution is 0.0688. The molecule has 6 nitrogen and oxygen atoms in total. The number of carbonyl (C=O) groups excluding carboxylic acids is 1. The highest BCUT2D eigenvalue weighted by atomic mass is 32.1. The molecular weight excluding hydrogens is 230 g/mol. The van der Waals surface area contributed by atoms with E-state index >= 15 is 0 Å². The van der Waals surface area contributed by atoms with Crippen molar-refractivity contribution in [3.8, 4) is 0 Å². The van der Waals surface area contributed by atoms with Crippen molar-refractivity contribution in [2.45, 2.75) is 6.92 Å². The lowest BCUT2D eigenvalue weighted by Crippen LogP contribution is -2.35. The van der Waals surface area contributed by atoms with E-state index in [9.17, 15) is 4.79 Å². The van der Waals surface area contributed by atoms with Crippen LogP contribution in [0.2, 0.25) is 0 Å². The summed E-state index contributed by atoms with van der Waals surface area (Å²) in [6, 6.07) is 0. The van der Waals surface area contributed by atoms with Crippen molar-refractivity contribution in [2.75, 3.05) is 32.0 Å². The van der Waals surface area contributed by atoms with Crippen LogP contribution in [0.3, 0.4) is 0 Å². The zero-order chi connectivity index (χ0) is 12.1. The van der Waals surface area contributed by atoms with Gasteiger partial charge in [0, 0.05) is 13.1 Å². The van der Waals surface area contributed by atoms with Gasteiger partial charge in [0.2, 0.25) is 0 Å². The molecule has 0 fully saturated rings. The number of aryl methyl sites for hydroxylation is 1. The first-order valence-corrected chi connectivity index (χ1v) is 5.65. The number of thiazole rings is 1. The summed E-state index contributed by atoms with van der Waals surface area (Å²) < 4.78 is 0. The van der Waals surface area contributed by atoms with Crippen molar-refractivity contribution in [3.05, 3.63) is 10.6 Å². The summed E-state index contributed by atoms with van der Waals surface area (Å²) in [5.41, 5.74) is 6.08. The topological polar surface area (TPSA) is 99.7 Å². The highest BCUT2D eigenvalue weighted by molar-refractivity contribution is 7.17. The lowest BCUT2D eigenvalue weighted by Gasteiger charge is -2.19. The van der Waals surface area contributed by atoms with E-state index in [-0.39, 0.29) is 32.2 Å². The number of carbonyl (C=O) groups is 1. The van der Waals surface area contributed by atoms with Crippen molar-refractivity contribution < 1.29 is 15.0 Å². The third-order valence-corrected chi connectivity index (χ3v) is 3.01. The van der Waals surface area contributed by atoms with Gasteiger partial charge in [0.15, 0.2) is 5.13 Å². The first-order valence-electron chi connectivity index (χ1n) is 4.84. The van der Waals surface area contributed by atoms with Gasteiger partial charge < -0.3 is 20.8 Å². The predicted octanol–water partition coefficient (Wildman–Crippen LogP) is -0.539. The fourth-order valence-electron chi connectivity index (χ4n) is 1.32. The second-order valence-electron chi connectivity index (χ2n) is 3.21. The van der Waals surface area contributed by atoms with Crippen LogP contribution in [0.15, 0.2) is 0 Å². The second-order valence-corrected chi connectivity index (χ2v) is 4.24. The highest BCUT2D eigenvalue weighted by Crippen LogP contribution is 2.21. The number of hydrogen-bond donors (Lipinski definition) is 3. The first-order chi connectivity index (χ1) is 7.60. The number of anilines is 1. The minimum absolute atomic E-state index is 0.140. The van der Waals surface area contributed by atoms with E-state index in [0.29, 0.717) is 15.7 Å². The molecule has 0 radical (unpaired) electrons. The molecule has 0 spiro atoms. The van der Waals surface area contributed by atoms with Crippen molar-refractivity contribution in [3.63, 3.8) is 0 Å². The Balaban J connectivity index is 2.85. The molecule has 0 saturated heterocycles. The highest BCUT2D eigenvalue weighted by Gasteiger charge is 2.20. The molecular formula is C9H15N3O3S. The Kier molecular flexibility index (Phi) is 4.66. The number of hydrogen-bond acceptors (Lipinski definition) is 6. The normalized spacial score (nSPS) is 10.4. The number of nitrogen functional groups attached to an aromatic ring is 1. The van der Waals surface area contributed by atoms with Gasteiger partial charge in [-0.2, -0.15) is 0 Å². The van der Waals surface area contributed by atoms with E-state index in [1.165, 1.54) is 4.90 Å². The standard InChI is InChI=1S/C9H15N3O3S/c1-6-7(16-9(10)11-6)8(15)12(2-4-13)3-5-14/h13-14H,2-5H2,1H3,(H2,10,11). The molecule has 7 heteroatoms. The van der Waals surface area contributed by atoms with Crippen LogP contribution in [0.25, 0.3) is 0 Å². The molecule has 0 saturated carbocycles. The minimum Gasteiger partial charge on any atom is -0.395 e. The van der Waals surface area contributed by atoms with Crippen molar-refractivity contribution in [1.29, 1.82) is 0 Å². The summed E-state index contributed by atoms with van der Waals surface area (Å²) in [4.78, 5) is 17.8. The van der Waals surface area contributed by atoms with Crippen molar-refractivity contribution in [1.82, 2.24) is 9.88 Å². The summed E-state index contributed by atoms with van der Waals surface area (Å²) in [6.07, 6.45) is 0. The smallest absolute Gasteiger partial charge is 0.266 e. The average Bonchev–Trinajstić information content (AvgIpc) is 2.56. The molecule has 1 heterocycles. The molecule has 90 valence electrons. The Bertz CT molecular complexity index is 361. The number of amides is 1. The SMILES string of the molecule is Cc1nc(N)sc1C(=O)N(CCO)CCO. The van der Waals surface area contributed by atoms with E-state index < -0.39 is 0 Å². The molecule has 0 aliphatic heterocycles. The molecule has 0 atom stereocenters. The third kappa shape index (κ3) is 2.91. The lowest BCUT2D eigenvalue weighted by atomic mass is 10.3. The number of nitrogens with two attached hydrogens (primary N) is 1. The fraction of sp³-hybridized carbons (Fsp3) is 0.556. The molecule has 0 bridgehead atoms. The summed E-state index contributed by atoms with van der Waals surface area (Å²) >= 11 is 1.11. The maximum absolute atomic E-state index is 12.0. The van der Waals surface area contributed by atoms with Gasteiger partial charge in [0.25, 0.3) is 5.91 Å². The van der Waals surface area contributed by atoms with Crippen molar-refractivity contribution in [2.24, 2.45) is 0 Å². The van der Waals surface area contributed by atoms with Crippen LogP contribution in [0.4, 0.5) is 5.13 Å². The zero-order valence-corrected chi connectivity index (χ0v) is 9.83. The zero-order valence-electron chi connectivity index (χ0n) is 9.01. The minimum atomic E-state index is -0.255. The molecule has 1 aromatic heterocycles. The first kappa shape index (κ1) is 12.9. The Hall–Kier alpha value is -1.18. The number of aliphatic hydroxyl groups excluding tert-OH is 2. The van der Waals surface area contributed by atoms with E-state index in [1.807, 2.05) is 0 Å². The average molecular weight is 245 g/mol. The van der Waals surface area contributed by atoms with Gasteiger partial charge in [-0.1, -0.05) is 11.3 Å². The monoisotopic (exact) mass is 245 g/mol. The quantitative estimate of drug-likeness (QED) is 0.647. The van der Waals surface area contributed by atoms with Crippen LogP contribution in [-0.4, -0.2) is 52.3 Å². The number of nitrogens with zero attached hydrogens (tertiary/aromatic N) is 2. The Morgan fingerprint density at radius 2 is 2.00 bits per heavy atom. The van der Waals surface area contributed by atoms with Crippen LogP contribution in [0.5, 0.6) is 0 Å². The Labute approximate surface area is 97.3 Å². The van der Waals surface area contributed by atoms with Crippen LogP contribution < -0.4 is 5.73 Å². The van der Waals surface area contributed by atoms with Gasteiger partial charge in [0.1, 0.15) is 4.88 Å². The number of rotatable bonds is 5. The summed E-state index contributed by atoms with van der Waals surface area (Å²) in [7, 11) is 0. The van der Waals surface area contributed by atoms with E-state index in [1.54, 1.807) is 6.92 Å². The molecule has 4 N–H and O–H groups in total. The Morgan fingerprint density at radius 3 is 2.38 bits per heavy atom. The van der Waals surface area contributed by atoms with E-state index in [4.69, 9.17) is 15.9 Å². The van der Waals surface area contributed by atoms with E-state index in [2.05, 4.69) is 4.98 Å². The van der Waals surface area contributed by atoms with Crippen LogP contribution in [-0.2, 0) is 0 Å². The molecule has 0 aromatic carbocycles. The van der Waals surface area contributed by atoms with Crippen LogP contribution in [0, 0.1) is 6.92 Å². The van der Waals surface area contributed by atoms with Gasteiger partial charge >= 0.3 is 0 Å². The molecule has 0 unspecified atom stereocenters. The summed E-state index contributed by atoms with van der Waals surface area (Å²) in [5, 5.41) is 18.0. The third-order valence-electron chi connectivity index (χ3n) is 2.03. The summed E-state index contributed by atoms with van der Waals surface area (Å²) in [5.74, 6) is -0.255. The predicted molar refractivity (Wildman–Crippen MR) is 61.3 cm³/mol. The van der Waals surface area contributed by atoms with Crippen LogP contribution >= 0.6 is 11.3 Å². The van der Waals surface area contributed by atoms with Crippen LogP contribution in [0.1, 0.15) is 15.4 Å². The number of aliphatic hydroxyl groups is 2. The van der Waals surface area contributed by atoms with Gasteiger partial charge in [-0.3, -0.25) is 4.79 Å². The molecule has 1 amide bonds. The molecule has 16 heavy (non-hydrogen) atoms. The summed E-state index contributed by atoms with van der Waals surface area (Å²) in [6.45, 7) is 1.81. The second kappa shape index (κ2) is 5.78. The largest absolute Gasteiger partial charge is 0.395 e. The fourth-order valence-corrected chi connectivity index (χ4v) is 2.12. The molecule has 1 aromatic rings. The Morgan fingerprint density at radius 1 is 1.44 bits per heavy atom.